The Morgan fingerprint density at radius 2 is 0.510 bits per heavy atom. The van der Waals surface area contributed by atoms with E-state index in [1.54, 1.807) is 0 Å². The summed E-state index contributed by atoms with van der Waals surface area (Å²) < 4.78 is 0. The summed E-state index contributed by atoms with van der Waals surface area (Å²) in [6.45, 7) is 0. The van der Waals surface area contributed by atoms with Gasteiger partial charge >= 0.3 is 0 Å². The number of halogens is 4. The zero-order chi connectivity index (χ0) is 66.1. The Balaban J connectivity index is 0.000000103. The van der Waals surface area contributed by atoms with Gasteiger partial charge in [-0.25, -0.2) is 39.9 Å². The Morgan fingerprint density at radius 1 is 0.173 bits per heavy atom. The van der Waals surface area contributed by atoms with E-state index < -0.39 is 0 Å². The number of benzene rings is 15. The van der Waals surface area contributed by atoms with Crippen LogP contribution in [-0.4, -0.2) is 39.9 Å². The number of fused-ring (bicyclic) bond motifs is 16. The molecule has 0 amide bonds. The van der Waals surface area contributed by atoms with E-state index in [4.69, 9.17) is 46.4 Å². The molecule has 19 rings (SSSR count). The molecular formula is C86H52Cl4N8. The minimum atomic E-state index is 0.264. The molecule has 12 heteroatoms. The Labute approximate surface area is 583 Å². The molecule has 0 saturated carbocycles. The van der Waals surface area contributed by atoms with Gasteiger partial charge in [-0.2, -0.15) is 0 Å². The third kappa shape index (κ3) is 12.1. The third-order valence-electron chi connectivity index (χ3n) is 17.6. The van der Waals surface area contributed by atoms with Gasteiger partial charge in [-0.3, -0.25) is 0 Å². The smallest absolute Gasteiger partial charge is 0.218 e. The molecule has 0 N–H and O–H groups in total. The van der Waals surface area contributed by atoms with Crippen molar-refractivity contribution in [1.29, 1.82) is 0 Å². The van der Waals surface area contributed by atoms with Crippen molar-refractivity contribution < 1.29 is 0 Å². The molecule has 0 aliphatic carbocycles. The maximum atomic E-state index is 6.30. The van der Waals surface area contributed by atoms with Crippen molar-refractivity contribution in [2.24, 2.45) is 0 Å². The van der Waals surface area contributed by atoms with E-state index in [0.717, 1.165) is 132 Å². The molecule has 0 atom stereocenters. The van der Waals surface area contributed by atoms with Gasteiger partial charge in [0.05, 0.1) is 44.8 Å². The highest BCUT2D eigenvalue weighted by atomic mass is 35.5. The van der Waals surface area contributed by atoms with E-state index in [-0.39, 0.29) is 21.1 Å². The van der Waals surface area contributed by atoms with Crippen molar-refractivity contribution >= 4 is 155 Å². The highest BCUT2D eigenvalue weighted by Gasteiger charge is 2.19. The number of aromatic nitrogens is 8. The van der Waals surface area contributed by atoms with Crippen LogP contribution in [-0.2, 0) is 0 Å². The molecule has 464 valence electrons. The van der Waals surface area contributed by atoms with E-state index in [2.05, 4.69) is 228 Å². The summed E-state index contributed by atoms with van der Waals surface area (Å²) in [5.74, 6) is 0. The van der Waals surface area contributed by atoms with Crippen LogP contribution in [0.25, 0.3) is 164 Å². The van der Waals surface area contributed by atoms with Gasteiger partial charge in [0.25, 0.3) is 0 Å². The number of hydrogen-bond acceptors (Lipinski definition) is 8. The quantitative estimate of drug-likeness (QED) is 0.124. The fraction of sp³-hybridized carbons (Fsp3) is 0. The molecule has 0 radical (unpaired) electrons. The van der Waals surface area contributed by atoms with Crippen molar-refractivity contribution in [2.45, 2.75) is 0 Å². The molecule has 0 spiro atoms. The van der Waals surface area contributed by atoms with Gasteiger partial charge in [0, 0.05) is 60.0 Å². The summed E-state index contributed by atoms with van der Waals surface area (Å²) in [6, 6.07) is 108. The Bertz CT molecular complexity index is 6240. The standard InChI is InChI=1S/C24H15ClN2.2C22H13ClN2.C18H11ClN2/c25-24-26-21-15-14-18-8-4-5-9-20(18)22(21)23(27-24)19-12-10-17(11-13-19)16-6-2-1-3-7-16;23-22-24-20(17-10-9-14-5-1-2-7-16(14)13-17)19-12-11-15-6-3-4-8-18(15)21(19)25-22;23-22-24-20(14-8-2-1-3-9-14)19-17-12-6-4-10-15(17)16-11-5-7-13-18(16)21(19)25-22;19-18-20-16(13-7-2-1-3-8-13)15-11-10-12-6-4-5-9-14(12)17(15)21-18/h1-15H;2*1-13H;1-11H. The first-order chi connectivity index (χ1) is 48.2. The fourth-order valence-corrected chi connectivity index (χ4v) is 13.8. The minimum Gasteiger partial charge on any atom is -0.218 e. The lowest BCUT2D eigenvalue weighted by Crippen LogP contribution is -1.94. The molecule has 0 aliphatic rings. The van der Waals surface area contributed by atoms with Crippen LogP contribution >= 0.6 is 46.4 Å². The summed E-state index contributed by atoms with van der Waals surface area (Å²) >= 11 is 25.0. The predicted molar refractivity (Wildman–Crippen MR) is 410 cm³/mol. The van der Waals surface area contributed by atoms with Gasteiger partial charge in [-0.15, -0.1) is 0 Å². The molecule has 4 heterocycles. The van der Waals surface area contributed by atoms with Crippen LogP contribution in [0.15, 0.2) is 315 Å². The SMILES string of the molecule is Clc1nc(-c2ccc(-c3ccccc3)cc2)c2c(ccc3ccccc32)n1.Clc1nc(-c2ccc3ccccc3c2)c2ccc3ccccc3c2n1.Clc1nc(-c2ccccc2)c2c3ccccc3c3ccccc3c2n1.Clc1nc(-c2ccccc2)c2ccc3ccccc3c2n1. The van der Waals surface area contributed by atoms with E-state index >= 15 is 0 Å². The summed E-state index contributed by atoms with van der Waals surface area (Å²) in [7, 11) is 0. The van der Waals surface area contributed by atoms with Crippen molar-refractivity contribution in [2.75, 3.05) is 0 Å². The molecule has 0 unspecified atom stereocenters. The lowest BCUT2D eigenvalue weighted by molar-refractivity contribution is 1.23. The maximum Gasteiger partial charge on any atom is 0.223 e. The Kier molecular flexibility index (Phi) is 16.8. The largest absolute Gasteiger partial charge is 0.223 e. The van der Waals surface area contributed by atoms with Crippen LogP contribution in [0.1, 0.15) is 0 Å². The highest BCUT2D eigenvalue weighted by Crippen LogP contribution is 2.41. The van der Waals surface area contributed by atoms with Crippen LogP contribution < -0.4 is 0 Å². The molecular weight excluding hydrogens is 1290 g/mol. The molecule has 8 nitrogen and oxygen atoms in total. The van der Waals surface area contributed by atoms with Crippen LogP contribution in [0.5, 0.6) is 0 Å². The monoisotopic (exact) mass is 1340 g/mol. The second-order valence-electron chi connectivity index (χ2n) is 23.5. The van der Waals surface area contributed by atoms with E-state index in [9.17, 15) is 0 Å². The van der Waals surface area contributed by atoms with Gasteiger partial charge in [0.2, 0.25) is 21.1 Å². The number of nitrogens with zero attached hydrogens (tertiary/aromatic N) is 8. The lowest BCUT2D eigenvalue weighted by atomic mass is 9.94. The lowest BCUT2D eigenvalue weighted by Gasteiger charge is -2.13. The molecule has 98 heavy (non-hydrogen) atoms. The van der Waals surface area contributed by atoms with Crippen LogP contribution in [0.4, 0.5) is 0 Å². The fourth-order valence-electron chi connectivity index (χ4n) is 13.1. The molecule has 0 saturated heterocycles. The van der Waals surface area contributed by atoms with E-state index in [0.29, 0.717) is 0 Å². The first-order valence-corrected chi connectivity index (χ1v) is 33.3. The molecule has 0 aliphatic heterocycles. The summed E-state index contributed by atoms with van der Waals surface area (Å²) in [5.41, 5.74) is 13.5. The minimum absolute atomic E-state index is 0.264. The molecule has 4 aromatic heterocycles. The topological polar surface area (TPSA) is 103 Å². The van der Waals surface area contributed by atoms with Gasteiger partial charge < -0.3 is 0 Å². The highest BCUT2D eigenvalue weighted by molar-refractivity contribution is 6.32. The van der Waals surface area contributed by atoms with Crippen LogP contribution in [0, 0.1) is 0 Å². The normalized spacial score (nSPS) is 11.3. The van der Waals surface area contributed by atoms with E-state index in [1.165, 1.54) is 32.7 Å². The van der Waals surface area contributed by atoms with Crippen LogP contribution in [0.3, 0.4) is 0 Å². The third-order valence-corrected chi connectivity index (χ3v) is 18.3. The van der Waals surface area contributed by atoms with Crippen molar-refractivity contribution in [3.8, 4) is 56.2 Å². The molecule has 0 bridgehead atoms. The Hall–Kier alpha value is -11.6. The summed E-state index contributed by atoms with van der Waals surface area (Å²) in [6.07, 6.45) is 0. The summed E-state index contributed by atoms with van der Waals surface area (Å²) in [4.78, 5) is 36.1. The Morgan fingerprint density at radius 3 is 1.08 bits per heavy atom. The molecule has 15 aromatic carbocycles. The van der Waals surface area contributed by atoms with Gasteiger partial charge in [-0.05, 0) is 130 Å². The number of rotatable bonds is 5. The molecule has 0 fully saturated rings. The van der Waals surface area contributed by atoms with Gasteiger partial charge in [0.15, 0.2) is 0 Å². The molecule has 19 aromatic rings. The first-order valence-electron chi connectivity index (χ1n) is 31.8. The zero-order valence-electron chi connectivity index (χ0n) is 52.1. The van der Waals surface area contributed by atoms with Gasteiger partial charge in [-0.1, -0.05) is 291 Å². The first kappa shape index (κ1) is 61.3. The van der Waals surface area contributed by atoms with Crippen molar-refractivity contribution in [3.05, 3.63) is 337 Å². The predicted octanol–water partition coefficient (Wildman–Crippen LogP) is 24.4. The zero-order valence-corrected chi connectivity index (χ0v) is 55.1. The average Bonchev–Trinajstić information content (AvgIpc) is 0.741. The average molecular weight is 1340 g/mol. The number of hydrogen-bond donors (Lipinski definition) is 0. The van der Waals surface area contributed by atoms with Crippen molar-refractivity contribution in [1.82, 2.24) is 39.9 Å². The van der Waals surface area contributed by atoms with Crippen LogP contribution in [0.2, 0.25) is 21.1 Å². The van der Waals surface area contributed by atoms with Gasteiger partial charge in [0.1, 0.15) is 0 Å². The van der Waals surface area contributed by atoms with E-state index in [1.807, 2.05) is 127 Å². The summed E-state index contributed by atoms with van der Waals surface area (Å²) in [5, 5.41) is 19.0. The second kappa shape index (κ2) is 26.9. The second-order valence-corrected chi connectivity index (χ2v) is 24.8. The van der Waals surface area contributed by atoms with Crippen molar-refractivity contribution in [3.63, 3.8) is 0 Å². The maximum absolute atomic E-state index is 6.30.